The highest BCUT2D eigenvalue weighted by atomic mass is 127. The van der Waals surface area contributed by atoms with Crippen molar-refractivity contribution in [1.29, 1.82) is 0 Å². The lowest BCUT2D eigenvalue weighted by Crippen LogP contribution is -2.39. The van der Waals surface area contributed by atoms with Crippen molar-refractivity contribution in [3.8, 4) is 0 Å². The van der Waals surface area contributed by atoms with Crippen molar-refractivity contribution in [3.05, 3.63) is 18.0 Å². The zero-order valence-electron chi connectivity index (χ0n) is 10.8. The van der Waals surface area contributed by atoms with Gasteiger partial charge in [-0.25, -0.2) is 13.5 Å². The molecule has 3 rings (SSSR count). The van der Waals surface area contributed by atoms with Crippen LogP contribution in [0.2, 0.25) is 0 Å². The number of anilines is 1. The van der Waals surface area contributed by atoms with Gasteiger partial charge < -0.3 is 0 Å². The number of halogens is 3. The molecular weight excluding hydrogens is 399 g/mol. The van der Waals surface area contributed by atoms with Gasteiger partial charge in [0, 0.05) is 19.3 Å². The van der Waals surface area contributed by atoms with Gasteiger partial charge in [0.25, 0.3) is 18.3 Å². The van der Waals surface area contributed by atoms with E-state index in [2.05, 4.69) is 20.6 Å². The zero-order chi connectivity index (χ0) is 14.1. The second kappa shape index (κ2) is 6.41. The minimum Gasteiger partial charge on any atom is -0.274 e. The van der Waals surface area contributed by atoms with Crippen LogP contribution in [0.25, 0.3) is 0 Å². The van der Waals surface area contributed by atoms with E-state index >= 15 is 0 Å². The molecule has 0 aliphatic carbocycles. The van der Waals surface area contributed by atoms with E-state index in [0.717, 1.165) is 4.68 Å². The van der Waals surface area contributed by atoms with E-state index in [-0.39, 0.29) is 29.7 Å². The molecule has 114 valence electrons. The number of carbonyl (C=O) groups is 1. The highest BCUT2D eigenvalue weighted by molar-refractivity contribution is 14.0. The topological polar surface area (TPSA) is 81.7 Å². The van der Waals surface area contributed by atoms with E-state index in [1.54, 1.807) is 0 Å². The van der Waals surface area contributed by atoms with Gasteiger partial charge in [0.15, 0.2) is 0 Å². The number of alkyl halides is 2. The number of hydrogen-bond acceptors (Lipinski definition) is 5. The summed E-state index contributed by atoms with van der Waals surface area (Å²) in [6.07, 6.45) is -0.553. The molecule has 0 N–H and O–H groups in total. The van der Waals surface area contributed by atoms with Gasteiger partial charge in [0.2, 0.25) is 0 Å². The molecule has 0 spiro atoms. The molecule has 2 aromatic rings. The fraction of sp³-hybridized carbons (Fsp3) is 0.500. The third-order valence-electron chi connectivity index (χ3n) is 3.00. The Balaban J connectivity index is 0.00000161. The van der Waals surface area contributed by atoms with Gasteiger partial charge in [-0.3, -0.25) is 14.4 Å². The summed E-state index contributed by atoms with van der Waals surface area (Å²) in [5, 5.41) is 14.8. The van der Waals surface area contributed by atoms with Gasteiger partial charge in [0.05, 0.1) is 0 Å². The molecule has 0 fully saturated rings. The number of amides is 1. The maximum absolute atomic E-state index is 12.5. The SMILES string of the molecule is I.O=C(c1ccnn1CC(F)F)N1CCCn2nnnc21. The van der Waals surface area contributed by atoms with Crippen molar-refractivity contribution < 1.29 is 13.6 Å². The monoisotopic (exact) mass is 411 g/mol. The van der Waals surface area contributed by atoms with Crippen LogP contribution in [0.5, 0.6) is 0 Å². The van der Waals surface area contributed by atoms with Crippen LogP contribution < -0.4 is 4.90 Å². The summed E-state index contributed by atoms with van der Waals surface area (Å²) in [6.45, 7) is 0.453. The molecule has 2 aromatic heterocycles. The molecular formula is C10H12F2IN7O. The van der Waals surface area contributed by atoms with Gasteiger partial charge in [-0.1, -0.05) is 5.10 Å². The number of carbonyl (C=O) groups excluding carboxylic acids is 1. The zero-order valence-corrected chi connectivity index (χ0v) is 13.1. The van der Waals surface area contributed by atoms with Crippen LogP contribution in [-0.2, 0) is 13.1 Å². The third kappa shape index (κ3) is 3.01. The first kappa shape index (κ1) is 15.7. The number of tetrazole rings is 1. The second-order valence-corrected chi connectivity index (χ2v) is 4.30. The lowest BCUT2D eigenvalue weighted by Gasteiger charge is -2.25. The summed E-state index contributed by atoms with van der Waals surface area (Å²) in [4.78, 5) is 13.8. The van der Waals surface area contributed by atoms with Crippen molar-refractivity contribution in [1.82, 2.24) is 30.0 Å². The highest BCUT2D eigenvalue weighted by Crippen LogP contribution is 2.18. The maximum atomic E-state index is 12.5. The van der Waals surface area contributed by atoms with Gasteiger partial charge in [0.1, 0.15) is 12.2 Å². The summed E-state index contributed by atoms with van der Waals surface area (Å²) < 4.78 is 27.4. The Kier molecular flexibility index (Phi) is 4.80. The smallest absolute Gasteiger partial charge is 0.274 e. The van der Waals surface area contributed by atoms with E-state index in [1.807, 2.05) is 0 Å². The Morgan fingerprint density at radius 2 is 2.19 bits per heavy atom. The van der Waals surface area contributed by atoms with Crippen molar-refractivity contribution in [2.24, 2.45) is 0 Å². The Morgan fingerprint density at radius 3 is 2.95 bits per heavy atom. The summed E-state index contributed by atoms with van der Waals surface area (Å²) in [7, 11) is 0. The van der Waals surface area contributed by atoms with Gasteiger partial charge in [-0.05, 0) is 22.9 Å². The number of aryl methyl sites for hydroxylation is 1. The van der Waals surface area contributed by atoms with Crippen LogP contribution >= 0.6 is 24.0 Å². The second-order valence-electron chi connectivity index (χ2n) is 4.30. The van der Waals surface area contributed by atoms with Crippen molar-refractivity contribution in [2.45, 2.75) is 25.9 Å². The molecule has 21 heavy (non-hydrogen) atoms. The van der Waals surface area contributed by atoms with E-state index < -0.39 is 18.9 Å². The number of rotatable bonds is 3. The maximum Gasteiger partial charge on any atom is 0.278 e. The minimum atomic E-state index is -2.58. The van der Waals surface area contributed by atoms with Crippen LogP contribution in [0, 0.1) is 0 Å². The Hall–Kier alpha value is -1.66. The fourth-order valence-corrected chi connectivity index (χ4v) is 2.14. The van der Waals surface area contributed by atoms with Crippen LogP contribution in [0.3, 0.4) is 0 Å². The van der Waals surface area contributed by atoms with Gasteiger partial charge in [-0.2, -0.15) is 5.10 Å². The van der Waals surface area contributed by atoms with Crippen LogP contribution in [0.1, 0.15) is 16.9 Å². The van der Waals surface area contributed by atoms with Crippen LogP contribution in [0.4, 0.5) is 14.7 Å². The number of aromatic nitrogens is 6. The number of fused-ring (bicyclic) bond motifs is 1. The van der Waals surface area contributed by atoms with E-state index in [9.17, 15) is 13.6 Å². The molecule has 0 aromatic carbocycles. The van der Waals surface area contributed by atoms with E-state index in [4.69, 9.17) is 0 Å². The normalized spacial score (nSPS) is 14.0. The molecule has 1 aliphatic heterocycles. The van der Waals surface area contributed by atoms with Crippen molar-refractivity contribution >= 4 is 35.8 Å². The Bertz CT molecular complexity index is 628. The molecule has 0 unspecified atom stereocenters. The number of hydrogen-bond donors (Lipinski definition) is 0. The van der Waals surface area contributed by atoms with Gasteiger partial charge >= 0.3 is 0 Å². The molecule has 11 heteroatoms. The predicted molar refractivity (Wildman–Crippen MR) is 77.8 cm³/mol. The Morgan fingerprint density at radius 1 is 1.38 bits per heavy atom. The number of nitrogens with zero attached hydrogens (tertiary/aromatic N) is 7. The highest BCUT2D eigenvalue weighted by Gasteiger charge is 2.28. The molecule has 0 saturated carbocycles. The quantitative estimate of drug-likeness (QED) is 0.699. The van der Waals surface area contributed by atoms with Gasteiger partial charge in [-0.15, -0.1) is 24.0 Å². The van der Waals surface area contributed by atoms with E-state index in [1.165, 1.54) is 21.8 Å². The summed E-state index contributed by atoms with van der Waals surface area (Å²) >= 11 is 0. The molecule has 3 heterocycles. The predicted octanol–water partition coefficient (Wildman–Crippen LogP) is 0.803. The first-order chi connectivity index (χ1) is 9.66. The summed E-state index contributed by atoms with van der Waals surface area (Å²) in [6, 6.07) is 1.41. The first-order valence-corrected chi connectivity index (χ1v) is 6.05. The van der Waals surface area contributed by atoms with Crippen molar-refractivity contribution in [3.63, 3.8) is 0 Å². The standard InChI is InChI=1S/C10H11F2N7O.HI/c11-8(12)6-19-7(2-3-13-19)9(20)17-4-1-5-18-10(17)14-15-16-18;/h2-3,8H,1,4-6H2;1H. The molecule has 0 bridgehead atoms. The molecule has 0 radical (unpaired) electrons. The average Bonchev–Trinajstić information content (AvgIpc) is 3.05. The average molecular weight is 411 g/mol. The summed E-state index contributed by atoms with van der Waals surface area (Å²) in [5.74, 6) is -0.107. The van der Waals surface area contributed by atoms with Crippen LogP contribution in [-0.4, -0.2) is 48.9 Å². The Labute approximate surface area is 135 Å². The molecule has 1 amide bonds. The van der Waals surface area contributed by atoms with Crippen LogP contribution in [0.15, 0.2) is 12.3 Å². The van der Waals surface area contributed by atoms with Crippen molar-refractivity contribution in [2.75, 3.05) is 11.4 Å². The third-order valence-corrected chi connectivity index (χ3v) is 3.00. The molecule has 0 atom stereocenters. The minimum absolute atomic E-state index is 0. The summed E-state index contributed by atoms with van der Waals surface area (Å²) in [5.41, 5.74) is 0.0988. The lowest BCUT2D eigenvalue weighted by atomic mass is 10.3. The first-order valence-electron chi connectivity index (χ1n) is 6.05. The fourth-order valence-electron chi connectivity index (χ4n) is 2.14. The molecule has 1 aliphatic rings. The largest absolute Gasteiger partial charge is 0.278 e. The lowest BCUT2D eigenvalue weighted by molar-refractivity contribution is 0.0949. The van der Waals surface area contributed by atoms with E-state index in [0.29, 0.717) is 25.5 Å². The molecule has 0 saturated heterocycles. The molecule has 8 nitrogen and oxygen atoms in total.